The molecule has 3 heteroatoms. The SMILES string of the molecule is O=Cc1ccc(-c2ccc(C=O)nc2)cc1. The predicted molar refractivity (Wildman–Crippen MR) is 60.4 cm³/mol. The Hall–Kier alpha value is -2.29. The lowest BCUT2D eigenvalue weighted by Crippen LogP contribution is -1.87. The van der Waals surface area contributed by atoms with Crippen molar-refractivity contribution in [3.8, 4) is 11.1 Å². The first-order valence-electron chi connectivity index (χ1n) is 4.80. The number of carbonyl (C=O) groups excluding carboxylic acids is 2. The lowest BCUT2D eigenvalue weighted by atomic mass is 10.1. The zero-order valence-electron chi connectivity index (χ0n) is 8.46. The van der Waals surface area contributed by atoms with Gasteiger partial charge in [-0.05, 0) is 11.6 Å². The highest BCUT2D eigenvalue weighted by molar-refractivity contribution is 5.77. The molecule has 0 aliphatic rings. The maximum absolute atomic E-state index is 10.5. The molecule has 0 saturated carbocycles. The normalized spacial score (nSPS) is 9.75. The predicted octanol–water partition coefficient (Wildman–Crippen LogP) is 2.37. The second-order valence-corrected chi connectivity index (χ2v) is 3.33. The van der Waals surface area contributed by atoms with Crippen molar-refractivity contribution in [2.24, 2.45) is 0 Å². The van der Waals surface area contributed by atoms with Crippen molar-refractivity contribution in [3.63, 3.8) is 0 Å². The second-order valence-electron chi connectivity index (χ2n) is 3.33. The van der Waals surface area contributed by atoms with Crippen molar-refractivity contribution in [2.75, 3.05) is 0 Å². The average Bonchev–Trinajstić information content (AvgIpc) is 2.39. The van der Waals surface area contributed by atoms with Crippen molar-refractivity contribution in [3.05, 3.63) is 53.9 Å². The van der Waals surface area contributed by atoms with Gasteiger partial charge in [-0.2, -0.15) is 0 Å². The maximum atomic E-state index is 10.5. The van der Waals surface area contributed by atoms with Crippen LogP contribution in [0.1, 0.15) is 20.8 Å². The van der Waals surface area contributed by atoms with E-state index in [4.69, 9.17) is 0 Å². The molecule has 0 spiro atoms. The molecule has 3 nitrogen and oxygen atoms in total. The van der Waals surface area contributed by atoms with E-state index in [1.807, 2.05) is 18.2 Å². The minimum atomic E-state index is 0.410. The van der Waals surface area contributed by atoms with E-state index in [9.17, 15) is 9.59 Å². The molecule has 0 N–H and O–H groups in total. The molecule has 2 aromatic rings. The third kappa shape index (κ3) is 2.03. The van der Waals surface area contributed by atoms with Crippen LogP contribution in [0, 0.1) is 0 Å². The van der Waals surface area contributed by atoms with Crippen molar-refractivity contribution in [1.82, 2.24) is 4.98 Å². The van der Waals surface area contributed by atoms with Crippen LogP contribution in [0.2, 0.25) is 0 Å². The smallest absolute Gasteiger partial charge is 0.168 e. The largest absolute Gasteiger partial charge is 0.298 e. The van der Waals surface area contributed by atoms with E-state index in [-0.39, 0.29) is 0 Å². The number of aldehydes is 2. The fraction of sp³-hybridized carbons (Fsp3) is 0. The minimum absolute atomic E-state index is 0.410. The van der Waals surface area contributed by atoms with Crippen LogP contribution in [0.5, 0.6) is 0 Å². The molecule has 1 aromatic carbocycles. The molecule has 1 heterocycles. The Labute approximate surface area is 92.8 Å². The molecule has 0 fully saturated rings. The third-order valence-corrected chi connectivity index (χ3v) is 2.29. The molecular formula is C13H9NO2. The van der Waals surface area contributed by atoms with Gasteiger partial charge in [-0.3, -0.25) is 14.6 Å². The Morgan fingerprint density at radius 1 is 0.812 bits per heavy atom. The van der Waals surface area contributed by atoms with E-state index in [1.165, 1.54) is 0 Å². The van der Waals surface area contributed by atoms with Crippen molar-refractivity contribution >= 4 is 12.6 Å². The number of nitrogens with zero attached hydrogens (tertiary/aromatic N) is 1. The summed E-state index contributed by atoms with van der Waals surface area (Å²) in [6.45, 7) is 0. The molecule has 0 atom stereocenters. The molecule has 16 heavy (non-hydrogen) atoms. The summed E-state index contributed by atoms with van der Waals surface area (Å²) < 4.78 is 0. The fourth-order valence-electron chi connectivity index (χ4n) is 1.40. The average molecular weight is 211 g/mol. The first-order valence-corrected chi connectivity index (χ1v) is 4.80. The van der Waals surface area contributed by atoms with Gasteiger partial charge >= 0.3 is 0 Å². The molecule has 0 radical (unpaired) electrons. The topological polar surface area (TPSA) is 47.0 Å². The highest BCUT2D eigenvalue weighted by Gasteiger charge is 1.98. The molecule has 1 aromatic heterocycles. The van der Waals surface area contributed by atoms with Crippen LogP contribution in [0.4, 0.5) is 0 Å². The summed E-state index contributed by atoms with van der Waals surface area (Å²) in [5.41, 5.74) is 2.94. The summed E-state index contributed by atoms with van der Waals surface area (Å²) in [6, 6.07) is 10.7. The highest BCUT2D eigenvalue weighted by atomic mass is 16.1. The van der Waals surface area contributed by atoms with Crippen LogP contribution in [0.3, 0.4) is 0 Å². The van der Waals surface area contributed by atoms with Crippen LogP contribution in [-0.2, 0) is 0 Å². The molecule has 0 bridgehead atoms. The Kier molecular flexibility index (Phi) is 2.87. The van der Waals surface area contributed by atoms with Crippen molar-refractivity contribution in [2.45, 2.75) is 0 Å². The van der Waals surface area contributed by atoms with Crippen molar-refractivity contribution < 1.29 is 9.59 Å². The first-order chi connectivity index (χ1) is 7.83. The lowest BCUT2D eigenvalue weighted by molar-refractivity contribution is 0.111. The Bertz CT molecular complexity index is 451. The summed E-state index contributed by atoms with van der Waals surface area (Å²) in [7, 11) is 0. The van der Waals surface area contributed by atoms with Gasteiger partial charge in [0.25, 0.3) is 0 Å². The van der Waals surface area contributed by atoms with Crippen LogP contribution in [0.25, 0.3) is 11.1 Å². The van der Waals surface area contributed by atoms with Crippen molar-refractivity contribution in [1.29, 1.82) is 0 Å². The van der Waals surface area contributed by atoms with Crippen LogP contribution in [0.15, 0.2) is 42.6 Å². The van der Waals surface area contributed by atoms with Gasteiger partial charge in [-0.1, -0.05) is 30.3 Å². The Balaban J connectivity index is 2.34. The van der Waals surface area contributed by atoms with Gasteiger partial charge in [0.2, 0.25) is 0 Å². The summed E-state index contributed by atoms with van der Waals surface area (Å²) in [5.74, 6) is 0. The van der Waals surface area contributed by atoms with Crippen LogP contribution >= 0.6 is 0 Å². The number of hydrogen-bond donors (Lipinski definition) is 0. The fourth-order valence-corrected chi connectivity index (χ4v) is 1.40. The van der Waals surface area contributed by atoms with E-state index in [1.54, 1.807) is 24.4 Å². The highest BCUT2D eigenvalue weighted by Crippen LogP contribution is 2.18. The zero-order valence-corrected chi connectivity index (χ0v) is 8.46. The molecule has 0 aliphatic carbocycles. The van der Waals surface area contributed by atoms with Crippen LogP contribution < -0.4 is 0 Å². The number of rotatable bonds is 3. The van der Waals surface area contributed by atoms with Gasteiger partial charge in [0.1, 0.15) is 12.0 Å². The lowest BCUT2D eigenvalue weighted by Gasteiger charge is -2.01. The van der Waals surface area contributed by atoms with Gasteiger partial charge in [0.05, 0.1) is 0 Å². The molecule has 0 unspecified atom stereocenters. The van der Waals surface area contributed by atoms with E-state index >= 15 is 0 Å². The number of hydrogen-bond acceptors (Lipinski definition) is 3. The van der Waals surface area contributed by atoms with Gasteiger partial charge in [-0.25, -0.2) is 0 Å². The molecule has 0 aliphatic heterocycles. The van der Waals surface area contributed by atoms with Crippen LogP contribution in [-0.4, -0.2) is 17.6 Å². The Morgan fingerprint density at radius 3 is 2.00 bits per heavy atom. The third-order valence-electron chi connectivity index (χ3n) is 2.29. The summed E-state index contributed by atoms with van der Waals surface area (Å²) >= 11 is 0. The summed E-state index contributed by atoms with van der Waals surface area (Å²) in [4.78, 5) is 24.9. The van der Waals surface area contributed by atoms with Gasteiger partial charge < -0.3 is 0 Å². The number of carbonyl (C=O) groups is 2. The summed E-state index contributed by atoms with van der Waals surface area (Å²) in [6.07, 6.45) is 3.15. The summed E-state index contributed by atoms with van der Waals surface area (Å²) in [5, 5.41) is 0. The maximum Gasteiger partial charge on any atom is 0.168 e. The number of benzene rings is 1. The standard InChI is InChI=1S/C13H9NO2/c15-8-10-1-3-11(4-2-10)12-5-6-13(9-16)14-7-12/h1-9H. The molecule has 0 saturated heterocycles. The van der Waals surface area contributed by atoms with E-state index in [0.29, 0.717) is 17.5 Å². The molecule has 0 amide bonds. The van der Waals surface area contributed by atoms with E-state index in [2.05, 4.69) is 4.98 Å². The van der Waals surface area contributed by atoms with E-state index in [0.717, 1.165) is 17.4 Å². The van der Waals surface area contributed by atoms with E-state index < -0.39 is 0 Å². The minimum Gasteiger partial charge on any atom is -0.298 e. The molecule has 78 valence electrons. The zero-order chi connectivity index (χ0) is 11.4. The van der Waals surface area contributed by atoms with Gasteiger partial charge in [-0.15, -0.1) is 0 Å². The second kappa shape index (κ2) is 4.49. The molecular weight excluding hydrogens is 202 g/mol. The van der Waals surface area contributed by atoms with Gasteiger partial charge in [0, 0.05) is 17.3 Å². The van der Waals surface area contributed by atoms with Gasteiger partial charge in [0.15, 0.2) is 6.29 Å². The molecule has 2 rings (SSSR count). The Morgan fingerprint density at radius 2 is 1.50 bits per heavy atom. The quantitative estimate of drug-likeness (QED) is 0.732. The monoisotopic (exact) mass is 211 g/mol. The first kappa shape index (κ1) is 10.2. The number of aromatic nitrogens is 1. The number of pyridine rings is 1.